The molecule has 3 aromatic heterocycles. The zero-order valence-electron chi connectivity index (χ0n) is 17.7. The van der Waals surface area contributed by atoms with Crippen molar-refractivity contribution >= 4 is 22.7 Å². The van der Waals surface area contributed by atoms with E-state index < -0.39 is 0 Å². The third-order valence-electron chi connectivity index (χ3n) is 6.39. The molecule has 1 saturated heterocycles. The summed E-state index contributed by atoms with van der Waals surface area (Å²) in [6, 6.07) is 7.91. The fraction of sp³-hybridized carbons (Fsp3) is 0.292. The normalized spacial score (nSPS) is 16.3. The molecular formula is C24H25N5O2. The molecule has 0 bridgehead atoms. The number of amides is 1. The summed E-state index contributed by atoms with van der Waals surface area (Å²) in [5.74, 6) is 0.810. The second-order valence-electron chi connectivity index (χ2n) is 8.31. The molecule has 0 unspecified atom stereocenters. The van der Waals surface area contributed by atoms with Crippen LogP contribution in [0, 0.1) is 13.8 Å². The number of nitrogens with one attached hydrogen (secondary N) is 1. The van der Waals surface area contributed by atoms with Gasteiger partial charge in [-0.1, -0.05) is 12.1 Å². The van der Waals surface area contributed by atoms with Gasteiger partial charge in [0.25, 0.3) is 0 Å². The van der Waals surface area contributed by atoms with E-state index in [1.165, 1.54) is 5.56 Å². The molecule has 1 atom stereocenters. The summed E-state index contributed by atoms with van der Waals surface area (Å²) >= 11 is 0. The number of nitrogens with zero attached hydrogens (tertiary/aromatic N) is 3. The number of hydrogen-bond acceptors (Lipinski definition) is 5. The molecule has 0 aliphatic carbocycles. The van der Waals surface area contributed by atoms with Crippen LogP contribution in [0.15, 0.2) is 47.3 Å². The van der Waals surface area contributed by atoms with Gasteiger partial charge in [-0.05, 0) is 49.1 Å². The Kier molecular flexibility index (Phi) is 4.73. The number of nitrogen functional groups attached to an aromatic ring is 1. The standard InChI is InChI=1S/C24H25N5O2/c1-14-3-4-19-18(13-31-24(19)15(14)2)10-22(30)29-8-6-17(12-29)23-20(11-27-28-23)16-5-7-26-21(25)9-16/h3-5,7,9,11,13,17H,6,8,10,12H2,1-2H3,(H2,25,26)(H,27,28)/t17-/m0/s1. The molecule has 0 radical (unpaired) electrons. The van der Waals surface area contributed by atoms with Crippen LogP contribution in [0.25, 0.3) is 22.1 Å². The van der Waals surface area contributed by atoms with Gasteiger partial charge in [-0.3, -0.25) is 9.89 Å². The molecule has 31 heavy (non-hydrogen) atoms. The van der Waals surface area contributed by atoms with Crippen LogP contribution in [-0.2, 0) is 11.2 Å². The Morgan fingerprint density at radius 2 is 2.19 bits per heavy atom. The average Bonchev–Trinajstić information content (AvgIpc) is 3.50. The molecule has 0 saturated carbocycles. The van der Waals surface area contributed by atoms with E-state index in [1.807, 2.05) is 29.3 Å². The van der Waals surface area contributed by atoms with E-state index in [0.29, 0.717) is 18.8 Å². The number of furan rings is 1. The van der Waals surface area contributed by atoms with E-state index in [1.54, 1.807) is 12.5 Å². The zero-order chi connectivity index (χ0) is 21.5. The van der Waals surface area contributed by atoms with Gasteiger partial charge in [0, 0.05) is 47.4 Å². The lowest BCUT2D eigenvalue weighted by Gasteiger charge is -2.16. The van der Waals surface area contributed by atoms with Crippen molar-refractivity contribution in [2.75, 3.05) is 18.8 Å². The highest BCUT2D eigenvalue weighted by Gasteiger charge is 2.30. The smallest absolute Gasteiger partial charge is 0.227 e. The first kappa shape index (κ1) is 19.4. The fourth-order valence-corrected chi connectivity index (χ4v) is 4.48. The van der Waals surface area contributed by atoms with Gasteiger partial charge in [0.05, 0.1) is 18.9 Å². The molecule has 1 aromatic carbocycles. The SMILES string of the molecule is Cc1ccc2c(CC(=O)N3CC[C@H](c4[nH]ncc4-c4ccnc(N)c4)C3)coc2c1C. The van der Waals surface area contributed by atoms with Crippen LogP contribution in [0.3, 0.4) is 0 Å². The summed E-state index contributed by atoms with van der Waals surface area (Å²) in [4.78, 5) is 19.1. The second kappa shape index (κ2) is 7.58. The van der Waals surface area contributed by atoms with Gasteiger partial charge in [0.2, 0.25) is 5.91 Å². The van der Waals surface area contributed by atoms with Crippen LogP contribution in [0.1, 0.15) is 34.7 Å². The van der Waals surface area contributed by atoms with E-state index in [2.05, 4.69) is 35.1 Å². The Morgan fingerprint density at radius 3 is 3.03 bits per heavy atom. The monoisotopic (exact) mass is 415 g/mol. The summed E-state index contributed by atoms with van der Waals surface area (Å²) in [7, 11) is 0. The summed E-state index contributed by atoms with van der Waals surface area (Å²) in [5.41, 5.74) is 13.0. The van der Waals surface area contributed by atoms with Crippen molar-refractivity contribution in [2.24, 2.45) is 0 Å². The molecule has 3 N–H and O–H groups in total. The molecule has 4 aromatic rings. The van der Waals surface area contributed by atoms with Crippen molar-refractivity contribution in [1.82, 2.24) is 20.1 Å². The number of aromatic nitrogens is 3. The van der Waals surface area contributed by atoms with E-state index in [-0.39, 0.29) is 11.8 Å². The lowest BCUT2D eigenvalue weighted by atomic mass is 9.97. The summed E-state index contributed by atoms with van der Waals surface area (Å²) < 4.78 is 5.78. The number of carbonyl (C=O) groups is 1. The first-order chi connectivity index (χ1) is 15.0. The zero-order valence-corrected chi connectivity index (χ0v) is 17.7. The largest absolute Gasteiger partial charge is 0.464 e. The number of likely N-dealkylation sites (tertiary alicyclic amines) is 1. The van der Waals surface area contributed by atoms with Crippen LogP contribution in [0.2, 0.25) is 0 Å². The molecule has 5 rings (SSSR count). The van der Waals surface area contributed by atoms with Crippen molar-refractivity contribution in [1.29, 1.82) is 0 Å². The number of aromatic amines is 1. The second-order valence-corrected chi connectivity index (χ2v) is 8.31. The van der Waals surface area contributed by atoms with Crippen LogP contribution in [-0.4, -0.2) is 39.1 Å². The molecule has 1 aliphatic heterocycles. The van der Waals surface area contributed by atoms with Gasteiger partial charge in [0.15, 0.2) is 0 Å². The predicted molar refractivity (Wildman–Crippen MR) is 120 cm³/mol. The van der Waals surface area contributed by atoms with Crippen molar-refractivity contribution in [3.63, 3.8) is 0 Å². The number of rotatable bonds is 4. The maximum absolute atomic E-state index is 13.1. The highest BCUT2D eigenvalue weighted by molar-refractivity contribution is 5.89. The molecule has 7 nitrogen and oxygen atoms in total. The van der Waals surface area contributed by atoms with E-state index >= 15 is 0 Å². The number of fused-ring (bicyclic) bond motifs is 1. The van der Waals surface area contributed by atoms with E-state index in [4.69, 9.17) is 10.2 Å². The number of nitrogens with two attached hydrogens (primary N) is 1. The number of hydrogen-bond donors (Lipinski definition) is 2. The Hall–Kier alpha value is -3.61. The quantitative estimate of drug-likeness (QED) is 0.525. The third-order valence-corrected chi connectivity index (χ3v) is 6.39. The molecular weight excluding hydrogens is 390 g/mol. The molecule has 1 amide bonds. The van der Waals surface area contributed by atoms with Crippen LogP contribution in [0.5, 0.6) is 0 Å². The minimum Gasteiger partial charge on any atom is -0.464 e. The maximum atomic E-state index is 13.1. The maximum Gasteiger partial charge on any atom is 0.227 e. The van der Waals surface area contributed by atoms with Crippen molar-refractivity contribution in [3.05, 3.63) is 65.3 Å². The Balaban J connectivity index is 1.32. The van der Waals surface area contributed by atoms with E-state index in [0.717, 1.165) is 51.9 Å². The molecule has 7 heteroatoms. The van der Waals surface area contributed by atoms with Crippen molar-refractivity contribution in [3.8, 4) is 11.1 Å². The predicted octanol–water partition coefficient (Wildman–Crippen LogP) is 3.98. The molecule has 158 valence electrons. The fourth-order valence-electron chi connectivity index (χ4n) is 4.48. The van der Waals surface area contributed by atoms with Gasteiger partial charge >= 0.3 is 0 Å². The molecule has 1 fully saturated rings. The minimum absolute atomic E-state index is 0.123. The lowest BCUT2D eigenvalue weighted by molar-refractivity contribution is -0.129. The Bertz CT molecular complexity index is 1270. The number of carbonyl (C=O) groups excluding carboxylic acids is 1. The minimum atomic E-state index is 0.123. The van der Waals surface area contributed by atoms with Crippen LogP contribution >= 0.6 is 0 Å². The lowest BCUT2D eigenvalue weighted by Crippen LogP contribution is -2.29. The molecule has 1 aliphatic rings. The van der Waals surface area contributed by atoms with Gasteiger partial charge in [0.1, 0.15) is 11.4 Å². The average molecular weight is 415 g/mol. The highest BCUT2D eigenvalue weighted by atomic mass is 16.3. The summed E-state index contributed by atoms with van der Waals surface area (Å²) in [6.07, 6.45) is 6.48. The summed E-state index contributed by atoms with van der Waals surface area (Å²) in [5, 5.41) is 8.42. The first-order valence-corrected chi connectivity index (χ1v) is 10.5. The number of aryl methyl sites for hydroxylation is 2. The first-order valence-electron chi connectivity index (χ1n) is 10.5. The van der Waals surface area contributed by atoms with Gasteiger partial charge in [-0.25, -0.2) is 4.98 Å². The third kappa shape index (κ3) is 3.46. The molecule has 0 spiro atoms. The van der Waals surface area contributed by atoms with Crippen molar-refractivity contribution in [2.45, 2.75) is 32.6 Å². The molecule has 4 heterocycles. The van der Waals surface area contributed by atoms with Gasteiger partial charge in [-0.15, -0.1) is 0 Å². The number of anilines is 1. The Labute approximate surface area is 180 Å². The number of pyridine rings is 1. The number of H-pyrrole nitrogens is 1. The highest BCUT2D eigenvalue weighted by Crippen LogP contribution is 2.34. The Morgan fingerprint density at radius 1 is 1.32 bits per heavy atom. The van der Waals surface area contributed by atoms with Gasteiger partial charge < -0.3 is 15.1 Å². The number of benzene rings is 1. The van der Waals surface area contributed by atoms with Gasteiger partial charge in [-0.2, -0.15) is 5.10 Å². The topological polar surface area (TPSA) is 101 Å². The van der Waals surface area contributed by atoms with E-state index in [9.17, 15) is 4.79 Å². The summed E-state index contributed by atoms with van der Waals surface area (Å²) in [6.45, 7) is 5.52. The van der Waals surface area contributed by atoms with Crippen LogP contribution < -0.4 is 5.73 Å². The van der Waals surface area contributed by atoms with Crippen molar-refractivity contribution < 1.29 is 9.21 Å². The van der Waals surface area contributed by atoms with Crippen LogP contribution in [0.4, 0.5) is 5.82 Å².